The Bertz CT molecular complexity index is 718. The molecular weight excluding hydrogens is 356 g/mol. The van der Waals surface area contributed by atoms with Crippen LogP contribution in [0.1, 0.15) is 30.6 Å². The summed E-state index contributed by atoms with van der Waals surface area (Å²) < 4.78 is 27.2. The van der Waals surface area contributed by atoms with E-state index in [0.717, 1.165) is 0 Å². The van der Waals surface area contributed by atoms with Crippen molar-refractivity contribution in [3.8, 4) is 0 Å². The summed E-state index contributed by atoms with van der Waals surface area (Å²) in [7, 11) is 1.41. The average molecular weight is 378 g/mol. The Hall–Kier alpha value is -2.45. The lowest BCUT2D eigenvalue weighted by molar-refractivity contribution is -0.182. The summed E-state index contributed by atoms with van der Waals surface area (Å²) >= 11 is 0. The van der Waals surface area contributed by atoms with Gasteiger partial charge in [-0.2, -0.15) is 0 Å². The largest absolute Gasteiger partial charge is 0.462 e. The van der Waals surface area contributed by atoms with Crippen molar-refractivity contribution in [3.05, 3.63) is 35.9 Å². The van der Waals surface area contributed by atoms with Crippen LogP contribution < -0.4 is 0 Å². The van der Waals surface area contributed by atoms with Gasteiger partial charge >= 0.3 is 17.9 Å². The van der Waals surface area contributed by atoms with Gasteiger partial charge < -0.3 is 23.7 Å². The van der Waals surface area contributed by atoms with Crippen LogP contribution in [0, 0.1) is 5.92 Å². The van der Waals surface area contributed by atoms with Crippen molar-refractivity contribution in [1.29, 1.82) is 0 Å². The fourth-order valence-corrected chi connectivity index (χ4v) is 3.46. The zero-order chi connectivity index (χ0) is 19.6. The number of methoxy groups -OCH3 is 1. The standard InChI is InChI=1S/C19H22O8/c1-11(20)25-15-16(26-12(2)21)19(27-18(15)23-3)9-14(19)10-24-17(22)13-7-5-4-6-8-13/h4-8,14-16,18H,9-10H2,1-3H3/t14-,15?,16?,18?,19+/m0/s1. The molecule has 0 N–H and O–H groups in total. The van der Waals surface area contributed by atoms with Crippen LogP contribution in [0.15, 0.2) is 30.3 Å². The highest BCUT2D eigenvalue weighted by Gasteiger charge is 2.72. The quantitative estimate of drug-likeness (QED) is 0.542. The number of hydrogen-bond donors (Lipinski definition) is 0. The van der Waals surface area contributed by atoms with Crippen LogP contribution in [-0.4, -0.2) is 55.7 Å². The molecule has 0 amide bonds. The topological polar surface area (TPSA) is 97.4 Å². The fourth-order valence-electron chi connectivity index (χ4n) is 3.46. The normalized spacial score (nSPS) is 31.4. The second-order valence-corrected chi connectivity index (χ2v) is 6.65. The first-order valence-electron chi connectivity index (χ1n) is 8.64. The van der Waals surface area contributed by atoms with Crippen LogP contribution in [0.25, 0.3) is 0 Å². The van der Waals surface area contributed by atoms with E-state index in [-0.39, 0.29) is 12.5 Å². The summed E-state index contributed by atoms with van der Waals surface area (Å²) in [4.78, 5) is 35.1. The first-order valence-corrected chi connectivity index (χ1v) is 8.64. The SMILES string of the molecule is COC1O[C@@]2(C[C@H]2COC(=O)c2ccccc2)C(OC(C)=O)C1OC(C)=O. The summed E-state index contributed by atoms with van der Waals surface area (Å²) in [6, 6.07) is 8.63. The highest BCUT2D eigenvalue weighted by molar-refractivity contribution is 5.89. The van der Waals surface area contributed by atoms with E-state index in [1.165, 1.54) is 21.0 Å². The third-order valence-electron chi connectivity index (χ3n) is 4.73. The van der Waals surface area contributed by atoms with Crippen molar-refractivity contribution in [3.63, 3.8) is 0 Å². The maximum absolute atomic E-state index is 12.1. The monoisotopic (exact) mass is 378 g/mol. The fraction of sp³-hybridized carbons (Fsp3) is 0.526. The van der Waals surface area contributed by atoms with Gasteiger partial charge in [0.25, 0.3) is 0 Å². The maximum atomic E-state index is 12.1. The molecule has 0 radical (unpaired) electrons. The molecule has 1 saturated carbocycles. The van der Waals surface area contributed by atoms with E-state index in [1.54, 1.807) is 24.3 Å². The average Bonchev–Trinajstić information content (AvgIpc) is 3.27. The number of hydrogen-bond acceptors (Lipinski definition) is 8. The lowest BCUT2D eigenvalue weighted by atomic mass is 10.1. The summed E-state index contributed by atoms with van der Waals surface area (Å²) in [5.74, 6) is -1.71. The summed E-state index contributed by atoms with van der Waals surface area (Å²) in [5, 5.41) is 0. The van der Waals surface area contributed by atoms with Gasteiger partial charge in [-0.25, -0.2) is 4.79 Å². The number of ether oxygens (including phenoxy) is 5. The van der Waals surface area contributed by atoms with Gasteiger partial charge in [0, 0.05) is 26.9 Å². The van der Waals surface area contributed by atoms with Crippen LogP contribution in [0.2, 0.25) is 0 Å². The predicted molar refractivity (Wildman–Crippen MR) is 90.6 cm³/mol. The molecule has 1 aliphatic carbocycles. The minimum absolute atomic E-state index is 0.0920. The first kappa shape index (κ1) is 19.3. The molecule has 1 spiro atoms. The zero-order valence-corrected chi connectivity index (χ0v) is 15.4. The molecule has 1 aromatic carbocycles. The van der Waals surface area contributed by atoms with Crippen LogP contribution in [0.4, 0.5) is 0 Å². The van der Waals surface area contributed by atoms with Crippen molar-refractivity contribution in [2.24, 2.45) is 5.92 Å². The van der Waals surface area contributed by atoms with Crippen LogP contribution in [-0.2, 0) is 33.3 Å². The Morgan fingerprint density at radius 2 is 1.78 bits per heavy atom. The molecule has 2 aliphatic rings. The Morgan fingerprint density at radius 1 is 1.11 bits per heavy atom. The van der Waals surface area contributed by atoms with Gasteiger partial charge in [0.2, 0.25) is 0 Å². The van der Waals surface area contributed by atoms with E-state index in [9.17, 15) is 14.4 Å². The molecule has 3 rings (SSSR count). The molecule has 8 nitrogen and oxygen atoms in total. The third kappa shape index (κ3) is 3.96. The number of carbonyl (C=O) groups excluding carboxylic acids is 3. The summed E-state index contributed by atoms with van der Waals surface area (Å²) in [6.07, 6.45) is -2.09. The lowest BCUT2D eigenvalue weighted by Gasteiger charge is -2.23. The first-order chi connectivity index (χ1) is 12.9. The molecule has 1 saturated heterocycles. The van der Waals surface area contributed by atoms with Crippen molar-refractivity contribution in [2.75, 3.05) is 13.7 Å². The van der Waals surface area contributed by atoms with Gasteiger partial charge in [-0.15, -0.1) is 0 Å². The molecule has 27 heavy (non-hydrogen) atoms. The van der Waals surface area contributed by atoms with Gasteiger partial charge in [0.05, 0.1) is 12.2 Å². The van der Waals surface area contributed by atoms with Crippen molar-refractivity contribution in [2.45, 2.75) is 44.4 Å². The number of rotatable bonds is 6. The van der Waals surface area contributed by atoms with Gasteiger partial charge in [0.15, 0.2) is 18.5 Å². The molecule has 1 heterocycles. The smallest absolute Gasteiger partial charge is 0.338 e. The van der Waals surface area contributed by atoms with Gasteiger partial charge in [-0.3, -0.25) is 9.59 Å². The number of carbonyl (C=O) groups is 3. The van der Waals surface area contributed by atoms with E-state index < -0.39 is 42.0 Å². The molecule has 8 heteroatoms. The van der Waals surface area contributed by atoms with Crippen LogP contribution in [0.5, 0.6) is 0 Å². The van der Waals surface area contributed by atoms with E-state index in [1.807, 2.05) is 6.07 Å². The minimum Gasteiger partial charge on any atom is -0.462 e. The van der Waals surface area contributed by atoms with E-state index in [4.69, 9.17) is 23.7 Å². The number of esters is 3. The number of benzene rings is 1. The zero-order valence-electron chi connectivity index (χ0n) is 15.4. The maximum Gasteiger partial charge on any atom is 0.338 e. The second kappa shape index (κ2) is 7.66. The van der Waals surface area contributed by atoms with Gasteiger partial charge in [-0.05, 0) is 18.6 Å². The molecule has 5 atom stereocenters. The third-order valence-corrected chi connectivity index (χ3v) is 4.73. The highest BCUT2D eigenvalue weighted by Crippen LogP contribution is 2.57. The molecule has 0 bridgehead atoms. The summed E-state index contributed by atoms with van der Waals surface area (Å²) in [6.45, 7) is 2.62. The van der Waals surface area contributed by atoms with E-state index in [0.29, 0.717) is 12.0 Å². The Labute approximate surface area is 156 Å². The lowest BCUT2D eigenvalue weighted by Crippen LogP contribution is -2.42. The van der Waals surface area contributed by atoms with Crippen molar-refractivity contribution in [1.82, 2.24) is 0 Å². The Kier molecular flexibility index (Phi) is 5.48. The predicted octanol–water partition coefficient (Wildman–Crippen LogP) is 1.47. The van der Waals surface area contributed by atoms with Crippen LogP contribution in [0.3, 0.4) is 0 Å². The Balaban J connectivity index is 1.69. The molecule has 3 unspecified atom stereocenters. The highest BCUT2D eigenvalue weighted by atomic mass is 16.7. The van der Waals surface area contributed by atoms with Gasteiger partial charge in [-0.1, -0.05) is 18.2 Å². The Morgan fingerprint density at radius 3 is 2.37 bits per heavy atom. The molecule has 2 fully saturated rings. The van der Waals surface area contributed by atoms with Crippen molar-refractivity contribution < 1.29 is 38.1 Å². The van der Waals surface area contributed by atoms with Crippen LogP contribution >= 0.6 is 0 Å². The second-order valence-electron chi connectivity index (χ2n) is 6.65. The minimum atomic E-state index is -0.899. The van der Waals surface area contributed by atoms with E-state index in [2.05, 4.69) is 0 Å². The molecule has 1 aliphatic heterocycles. The van der Waals surface area contributed by atoms with Crippen molar-refractivity contribution >= 4 is 17.9 Å². The van der Waals surface area contributed by atoms with E-state index >= 15 is 0 Å². The van der Waals surface area contributed by atoms with Gasteiger partial charge in [0.1, 0.15) is 5.60 Å². The molecule has 0 aromatic heterocycles. The molecular formula is C19H22O8. The molecule has 146 valence electrons. The summed E-state index contributed by atoms with van der Waals surface area (Å²) in [5.41, 5.74) is -0.452. The molecule has 1 aromatic rings.